The lowest BCUT2D eigenvalue weighted by atomic mass is 10.1. The molecule has 6 heteroatoms. The van der Waals surface area contributed by atoms with Crippen LogP contribution in [0.25, 0.3) is 0 Å². The second-order valence-corrected chi connectivity index (χ2v) is 5.53. The monoisotopic (exact) mass is 258 g/mol. The summed E-state index contributed by atoms with van der Waals surface area (Å²) in [6, 6.07) is 0. The molecule has 104 valence electrons. The van der Waals surface area contributed by atoms with E-state index in [2.05, 4.69) is 0 Å². The van der Waals surface area contributed by atoms with Gasteiger partial charge in [0, 0.05) is 23.2 Å². The highest BCUT2D eigenvalue weighted by Gasteiger charge is 2.14. The van der Waals surface area contributed by atoms with Gasteiger partial charge in [0.05, 0.1) is 0 Å². The summed E-state index contributed by atoms with van der Waals surface area (Å²) in [6.45, 7) is 7.04. The fourth-order valence-electron chi connectivity index (χ4n) is 0.747. The van der Waals surface area contributed by atoms with E-state index in [1.54, 1.807) is 27.7 Å². The number of hydrogen-bond donors (Lipinski definition) is 2. The summed E-state index contributed by atoms with van der Waals surface area (Å²) >= 11 is 0. The molecule has 18 heavy (non-hydrogen) atoms. The van der Waals surface area contributed by atoms with E-state index in [0.29, 0.717) is 0 Å². The molecule has 0 saturated heterocycles. The van der Waals surface area contributed by atoms with Gasteiger partial charge in [-0.1, -0.05) is 0 Å². The van der Waals surface area contributed by atoms with Crippen molar-refractivity contribution in [1.29, 1.82) is 0 Å². The predicted octanol–water partition coefficient (Wildman–Crippen LogP) is 0.104. The summed E-state index contributed by atoms with van der Waals surface area (Å²) < 4.78 is 9.64. The standard InChI is InChI=1S/C12H22N2O4/c1-11(2,13)7-17-9(15)5-6-10(16)18-8-12(3,4)14/h5-6H,7-8,13-14H2,1-4H3/b6-5+. The SMILES string of the molecule is CC(C)(N)COC(=O)/C=C/C(=O)OCC(C)(C)N. The molecule has 0 spiro atoms. The maximum Gasteiger partial charge on any atom is 0.331 e. The van der Waals surface area contributed by atoms with Gasteiger partial charge in [0.1, 0.15) is 13.2 Å². The Kier molecular flexibility index (Phi) is 6.00. The normalized spacial score (nSPS) is 12.6. The van der Waals surface area contributed by atoms with Crippen LogP contribution < -0.4 is 11.5 Å². The minimum absolute atomic E-state index is 0.0705. The zero-order chi connectivity index (χ0) is 14.4. The molecule has 0 aliphatic rings. The van der Waals surface area contributed by atoms with Gasteiger partial charge in [-0.2, -0.15) is 0 Å². The lowest BCUT2D eigenvalue weighted by Crippen LogP contribution is -2.38. The largest absolute Gasteiger partial charge is 0.461 e. The number of hydrogen-bond acceptors (Lipinski definition) is 6. The van der Waals surface area contributed by atoms with Gasteiger partial charge in [-0.15, -0.1) is 0 Å². The minimum atomic E-state index is -0.641. The van der Waals surface area contributed by atoms with Crippen molar-refractivity contribution < 1.29 is 19.1 Å². The Morgan fingerprint density at radius 2 is 1.17 bits per heavy atom. The number of nitrogens with two attached hydrogens (primary N) is 2. The van der Waals surface area contributed by atoms with Gasteiger partial charge in [-0.3, -0.25) is 0 Å². The van der Waals surface area contributed by atoms with Crippen LogP contribution in [0, 0.1) is 0 Å². The van der Waals surface area contributed by atoms with Gasteiger partial charge in [-0.05, 0) is 27.7 Å². The van der Waals surface area contributed by atoms with E-state index in [9.17, 15) is 9.59 Å². The van der Waals surface area contributed by atoms with Crippen LogP contribution in [0.5, 0.6) is 0 Å². The van der Waals surface area contributed by atoms with E-state index in [4.69, 9.17) is 20.9 Å². The Labute approximate surface area is 107 Å². The average Bonchev–Trinajstić information content (AvgIpc) is 2.18. The number of carbonyl (C=O) groups is 2. The molecule has 0 saturated carbocycles. The van der Waals surface area contributed by atoms with Gasteiger partial charge in [0.2, 0.25) is 0 Å². The molecule has 0 fully saturated rings. The molecule has 0 aliphatic carbocycles. The molecule has 0 radical (unpaired) electrons. The van der Waals surface area contributed by atoms with Crippen LogP contribution in [-0.2, 0) is 19.1 Å². The van der Waals surface area contributed by atoms with Crippen LogP contribution in [0.15, 0.2) is 12.2 Å². The molecule has 0 rings (SSSR count). The maximum absolute atomic E-state index is 11.2. The van der Waals surface area contributed by atoms with Gasteiger partial charge in [0.25, 0.3) is 0 Å². The summed E-state index contributed by atoms with van der Waals surface area (Å²) in [7, 11) is 0. The third-order valence-electron chi connectivity index (χ3n) is 1.53. The van der Waals surface area contributed by atoms with E-state index in [1.807, 2.05) is 0 Å². The number of esters is 2. The summed E-state index contributed by atoms with van der Waals surface area (Å²) in [5.41, 5.74) is 10.0. The predicted molar refractivity (Wildman–Crippen MR) is 67.6 cm³/mol. The average molecular weight is 258 g/mol. The fourth-order valence-corrected chi connectivity index (χ4v) is 0.747. The molecular formula is C12H22N2O4. The summed E-state index contributed by atoms with van der Waals surface area (Å²) in [5, 5.41) is 0. The lowest BCUT2D eigenvalue weighted by Gasteiger charge is -2.17. The van der Waals surface area contributed by atoms with Crippen LogP contribution in [0.2, 0.25) is 0 Å². The molecule has 0 aliphatic heterocycles. The van der Waals surface area contributed by atoms with Crippen LogP contribution in [0.4, 0.5) is 0 Å². The molecule has 0 aromatic heterocycles. The van der Waals surface area contributed by atoms with Crippen molar-refractivity contribution in [2.24, 2.45) is 11.5 Å². The van der Waals surface area contributed by atoms with Crippen molar-refractivity contribution in [2.75, 3.05) is 13.2 Å². The van der Waals surface area contributed by atoms with Gasteiger partial charge in [-0.25, -0.2) is 9.59 Å². The molecule has 0 unspecified atom stereocenters. The first kappa shape index (κ1) is 16.6. The maximum atomic E-state index is 11.2. The summed E-state index contributed by atoms with van der Waals surface area (Å²) in [5.74, 6) is -1.28. The quantitative estimate of drug-likeness (QED) is 0.517. The van der Waals surface area contributed by atoms with Crippen molar-refractivity contribution in [3.63, 3.8) is 0 Å². The van der Waals surface area contributed by atoms with Crippen molar-refractivity contribution >= 4 is 11.9 Å². The second-order valence-electron chi connectivity index (χ2n) is 5.53. The fraction of sp³-hybridized carbons (Fsp3) is 0.667. The number of carbonyl (C=O) groups excluding carboxylic acids is 2. The van der Waals surface area contributed by atoms with Crippen LogP contribution in [0.1, 0.15) is 27.7 Å². The smallest absolute Gasteiger partial charge is 0.331 e. The molecule has 4 N–H and O–H groups in total. The van der Waals surface area contributed by atoms with Crippen LogP contribution >= 0.6 is 0 Å². The zero-order valence-corrected chi connectivity index (χ0v) is 11.4. The highest BCUT2D eigenvalue weighted by atomic mass is 16.5. The molecule has 0 aromatic rings. The van der Waals surface area contributed by atoms with Crippen LogP contribution in [-0.4, -0.2) is 36.2 Å². The van der Waals surface area contributed by atoms with Crippen molar-refractivity contribution in [3.8, 4) is 0 Å². The first-order valence-corrected chi connectivity index (χ1v) is 5.59. The first-order valence-electron chi connectivity index (χ1n) is 5.59. The molecule has 0 aromatic carbocycles. The van der Waals surface area contributed by atoms with Gasteiger partial charge >= 0.3 is 11.9 Å². The molecule has 6 nitrogen and oxygen atoms in total. The van der Waals surface area contributed by atoms with Crippen molar-refractivity contribution in [1.82, 2.24) is 0 Å². The Morgan fingerprint density at radius 1 is 0.889 bits per heavy atom. The Hall–Kier alpha value is -1.40. The first-order chi connectivity index (χ1) is 7.99. The van der Waals surface area contributed by atoms with Crippen molar-refractivity contribution in [2.45, 2.75) is 38.8 Å². The van der Waals surface area contributed by atoms with E-state index in [1.165, 1.54) is 0 Å². The van der Waals surface area contributed by atoms with Gasteiger partial charge in [0.15, 0.2) is 0 Å². The summed E-state index contributed by atoms with van der Waals surface area (Å²) in [4.78, 5) is 22.4. The third kappa shape index (κ3) is 11.1. The van der Waals surface area contributed by atoms with E-state index in [0.717, 1.165) is 12.2 Å². The van der Waals surface area contributed by atoms with Crippen LogP contribution in [0.3, 0.4) is 0 Å². The molecular weight excluding hydrogens is 236 g/mol. The third-order valence-corrected chi connectivity index (χ3v) is 1.53. The highest BCUT2D eigenvalue weighted by molar-refractivity contribution is 5.91. The Morgan fingerprint density at radius 3 is 1.39 bits per heavy atom. The molecule has 0 atom stereocenters. The van der Waals surface area contributed by atoms with E-state index < -0.39 is 23.0 Å². The highest BCUT2D eigenvalue weighted by Crippen LogP contribution is 1.99. The Balaban J connectivity index is 4.00. The zero-order valence-electron chi connectivity index (χ0n) is 11.4. The summed E-state index contributed by atoms with van der Waals surface area (Å²) in [6.07, 6.45) is 2.00. The minimum Gasteiger partial charge on any atom is -0.461 e. The lowest BCUT2D eigenvalue weighted by molar-refractivity contribution is -0.141. The number of ether oxygens (including phenoxy) is 2. The molecule has 0 amide bonds. The molecule has 0 bridgehead atoms. The molecule has 0 heterocycles. The Bertz CT molecular complexity index is 292. The van der Waals surface area contributed by atoms with Gasteiger partial charge < -0.3 is 20.9 Å². The van der Waals surface area contributed by atoms with E-state index in [-0.39, 0.29) is 13.2 Å². The number of rotatable bonds is 6. The van der Waals surface area contributed by atoms with Crippen molar-refractivity contribution in [3.05, 3.63) is 12.2 Å². The van der Waals surface area contributed by atoms with E-state index >= 15 is 0 Å². The topological polar surface area (TPSA) is 105 Å². The second kappa shape index (κ2) is 6.51.